The Balaban J connectivity index is 3.22. The molecule has 3 nitrogen and oxygen atoms in total. The highest BCUT2D eigenvalue weighted by Gasteiger charge is 2.06. The molecule has 0 spiro atoms. The minimum absolute atomic E-state index is 0.362. The maximum Gasteiger partial charge on any atom is 0.0863 e. The number of hydrogen-bond acceptors (Lipinski definition) is 4. The van der Waals surface area contributed by atoms with Crippen molar-refractivity contribution in [2.45, 2.75) is 18.3 Å². The van der Waals surface area contributed by atoms with Crippen LogP contribution in [0, 0.1) is 0 Å². The van der Waals surface area contributed by atoms with Crippen molar-refractivity contribution in [2.24, 2.45) is 5.73 Å². The molecular weight excluding hydrogens is 162 g/mol. The molecule has 0 aliphatic carbocycles. The molecule has 0 amide bonds. The molecule has 0 bridgehead atoms. The molecule has 2 atom stereocenters. The molecule has 68 valence electrons. The Morgan fingerprint density at radius 2 is 2.27 bits per heavy atom. The monoisotopic (exact) mass is 179 g/mol. The van der Waals surface area contributed by atoms with Gasteiger partial charge in [-0.25, -0.2) is 0 Å². The first-order valence-electron chi connectivity index (χ1n) is 3.69. The lowest BCUT2D eigenvalue weighted by atomic mass is 10.4. The molecule has 4 heteroatoms. The molecule has 0 saturated carbocycles. The number of thioether (sulfide) groups is 1. The van der Waals surface area contributed by atoms with Crippen LogP contribution in [0.15, 0.2) is 0 Å². The molecule has 3 N–H and O–H groups in total. The van der Waals surface area contributed by atoms with E-state index in [0.29, 0.717) is 24.2 Å². The van der Waals surface area contributed by atoms with Crippen molar-refractivity contribution in [1.82, 2.24) is 0 Å². The van der Waals surface area contributed by atoms with Gasteiger partial charge in [-0.15, -0.1) is 0 Å². The number of aliphatic hydroxyl groups excluding tert-OH is 1. The van der Waals surface area contributed by atoms with Crippen LogP contribution in [0.2, 0.25) is 0 Å². The Labute approximate surface area is 72.3 Å². The maximum atomic E-state index is 9.21. The highest BCUT2D eigenvalue weighted by Crippen LogP contribution is 2.10. The predicted octanol–water partition coefficient (Wildman–Crippen LogP) is 0.0741. The van der Waals surface area contributed by atoms with Gasteiger partial charge in [0.1, 0.15) is 0 Å². The average Bonchev–Trinajstić information content (AvgIpc) is 2.01. The predicted molar refractivity (Wildman–Crippen MR) is 48.9 cm³/mol. The van der Waals surface area contributed by atoms with E-state index in [1.54, 1.807) is 18.9 Å². The second-order valence-electron chi connectivity index (χ2n) is 2.49. The average molecular weight is 179 g/mol. The fourth-order valence-corrected chi connectivity index (χ4v) is 1.37. The molecule has 0 fully saturated rings. The van der Waals surface area contributed by atoms with E-state index in [1.165, 1.54) is 0 Å². The fraction of sp³-hybridized carbons (Fsp3) is 1.00. The van der Waals surface area contributed by atoms with Crippen LogP contribution < -0.4 is 5.73 Å². The Hall–Kier alpha value is 0.230. The van der Waals surface area contributed by atoms with E-state index in [2.05, 4.69) is 0 Å². The zero-order valence-electron chi connectivity index (χ0n) is 7.12. The highest BCUT2D eigenvalue weighted by atomic mass is 32.2. The van der Waals surface area contributed by atoms with E-state index >= 15 is 0 Å². The van der Waals surface area contributed by atoms with Crippen molar-refractivity contribution in [3.63, 3.8) is 0 Å². The molecule has 0 radical (unpaired) electrons. The lowest BCUT2D eigenvalue weighted by molar-refractivity contribution is 0.0793. The van der Waals surface area contributed by atoms with Crippen LogP contribution in [0.3, 0.4) is 0 Å². The van der Waals surface area contributed by atoms with Gasteiger partial charge in [-0.1, -0.05) is 6.92 Å². The van der Waals surface area contributed by atoms with E-state index in [4.69, 9.17) is 10.5 Å². The minimum Gasteiger partial charge on any atom is -0.390 e. The van der Waals surface area contributed by atoms with E-state index in [-0.39, 0.29) is 6.10 Å². The van der Waals surface area contributed by atoms with E-state index in [9.17, 15) is 5.11 Å². The SMILES string of the molecule is COCC(O)CSC(C)CN. The summed E-state index contributed by atoms with van der Waals surface area (Å²) in [6.07, 6.45) is -0.362. The second kappa shape index (κ2) is 6.91. The van der Waals surface area contributed by atoms with Gasteiger partial charge in [-0.2, -0.15) is 11.8 Å². The number of methoxy groups -OCH3 is 1. The summed E-state index contributed by atoms with van der Waals surface area (Å²) in [5, 5.41) is 9.62. The van der Waals surface area contributed by atoms with Gasteiger partial charge in [-0.05, 0) is 0 Å². The Morgan fingerprint density at radius 3 is 2.73 bits per heavy atom. The number of aliphatic hydroxyl groups is 1. The fourth-order valence-electron chi connectivity index (χ4n) is 0.584. The number of hydrogen-bond donors (Lipinski definition) is 2. The number of nitrogens with two attached hydrogens (primary N) is 1. The zero-order chi connectivity index (χ0) is 8.69. The topological polar surface area (TPSA) is 55.5 Å². The van der Waals surface area contributed by atoms with Gasteiger partial charge in [0.05, 0.1) is 12.7 Å². The molecule has 0 rings (SSSR count). The zero-order valence-corrected chi connectivity index (χ0v) is 7.93. The third-order valence-corrected chi connectivity index (χ3v) is 2.60. The molecule has 11 heavy (non-hydrogen) atoms. The molecule has 0 aromatic heterocycles. The van der Waals surface area contributed by atoms with Crippen LogP contribution in [-0.2, 0) is 4.74 Å². The summed E-state index contributed by atoms with van der Waals surface area (Å²) in [5.41, 5.74) is 5.40. The van der Waals surface area contributed by atoms with Crippen molar-refractivity contribution in [1.29, 1.82) is 0 Å². The minimum atomic E-state index is -0.362. The van der Waals surface area contributed by atoms with Crippen molar-refractivity contribution < 1.29 is 9.84 Å². The summed E-state index contributed by atoms with van der Waals surface area (Å²) < 4.78 is 4.77. The Morgan fingerprint density at radius 1 is 1.64 bits per heavy atom. The third-order valence-electron chi connectivity index (χ3n) is 1.26. The molecule has 2 unspecified atom stereocenters. The summed E-state index contributed by atoms with van der Waals surface area (Å²) in [6, 6.07) is 0. The molecule has 0 aromatic carbocycles. The van der Waals surface area contributed by atoms with E-state index in [0.717, 1.165) is 0 Å². The first-order chi connectivity index (χ1) is 5.20. The highest BCUT2D eigenvalue weighted by molar-refractivity contribution is 7.99. The van der Waals surface area contributed by atoms with Gasteiger partial charge in [-0.3, -0.25) is 0 Å². The van der Waals surface area contributed by atoms with Gasteiger partial charge < -0.3 is 15.6 Å². The molecule has 0 aromatic rings. The number of rotatable bonds is 6. The normalized spacial score (nSPS) is 16.4. The molecule has 0 heterocycles. The van der Waals surface area contributed by atoms with Crippen molar-refractivity contribution in [3.8, 4) is 0 Å². The molecule has 0 aliphatic rings. The lowest BCUT2D eigenvalue weighted by Gasteiger charge is -2.11. The van der Waals surface area contributed by atoms with E-state index in [1.807, 2.05) is 6.92 Å². The molecule has 0 saturated heterocycles. The van der Waals surface area contributed by atoms with Crippen LogP contribution >= 0.6 is 11.8 Å². The van der Waals surface area contributed by atoms with Gasteiger partial charge in [0.2, 0.25) is 0 Å². The smallest absolute Gasteiger partial charge is 0.0863 e. The van der Waals surface area contributed by atoms with Crippen LogP contribution in [0.4, 0.5) is 0 Å². The molecule has 0 aliphatic heterocycles. The summed E-state index contributed by atoms with van der Waals surface area (Å²) in [6.45, 7) is 3.11. The first kappa shape index (κ1) is 11.2. The largest absolute Gasteiger partial charge is 0.390 e. The quantitative estimate of drug-likeness (QED) is 0.606. The van der Waals surface area contributed by atoms with Crippen molar-refractivity contribution in [2.75, 3.05) is 26.0 Å². The second-order valence-corrected chi connectivity index (χ2v) is 3.96. The summed E-state index contributed by atoms with van der Waals surface area (Å²) in [5.74, 6) is 0.701. The molecular formula is C7H17NO2S. The standard InChI is InChI=1S/C7H17NO2S/c1-6(3-8)11-5-7(9)4-10-2/h6-7,9H,3-5,8H2,1-2H3. The summed E-state index contributed by atoms with van der Waals surface area (Å²) >= 11 is 1.67. The van der Waals surface area contributed by atoms with E-state index < -0.39 is 0 Å². The van der Waals surface area contributed by atoms with Gasteiger partial charge in [0, 0.05) is 24.7 Å². The summed E-state index contributed by atoms with van der Waals surface area (Å²) in [7, 11) is 1.58. The van der Waals surface area contributed by atoms with Crippen LogP contribution in [0.5, 0.6) is 0 Å². The van der Waals surface area contributed by atoms with Crippen LogP contribution in [0.1, 0.15) is 6.92 Å². The lowest BCUT2D eigenvalue weighted by Crippen LogP contribution is -2.20. The van der Waals surface area contributed by atoms with Crippen molar-refractivity contribution in [3.05, 3.63) is 0 Å². The maximum absolute atomic E-state index is 9.21. The number of ether oxygens (including phenoxy) is 1. The van der Waals surface area contributed by atoms with Crippen LogP contribution in [0.25, 0.3) is 0 Å². The van der Waals surface area contributed by atoms with Crippen molar-refractivity contribution >= 4 is 11.8 Å². The van der Waals surface area contributed by atoms with Gasteiger partial charge in [0.25, 0.3) is 0 Å². The Kier molecular flexibility index (Phi) is 7.06. The summed E-state index contributed by atoms with van der Waals surface area (Å²) in [4.78, 5) is 0. The van der Waals surface area contributed by atoms with Gasteiger partial charge >= 0.3 is 0 Å². The Bertz CT molecular complexity index is 92.5. The first-order valence-corrected chi connectivity index (χ1v) is 4.74. The third kappa shape index (κ3) is 6.62. The van der Waals surface area contributed by atoms with Crippen LogP contribution in [-0.4, -0.2) is 42.5 Å². The van der Waals surface area contributed by atoms with Gasteiger partial charge in [0.15, 0.2) is 0 Å².